The predicted molar refractivity (Wildman–Crippen MR) is 112 cm³/mol. The van der Waals surface area contributed by atoms with E-state index in [1.54, 1.807) is 18.2 Å². The first-order chi connectivity index (χ1) is 14.7. The molecular weight excluding hydrogens is 406 g/mol. The molecule has 2 amide bonds. The number of aliphatic carboxylic acids is 2. The topological polar surface area (TPSA) is 151 Å². The Morgan fingerprint density at radius 3 is 2.45 bits per heavy atom. The average molecular weight is 433 g/mol. The van der Waals surface area contributed by atoms with E-state index in [9.17, 15) is 24.0 Å². The Labute approximate surface area is 179 Å². The van der Waals surface area contributed by atoms with Gasteiger partial charge in [-0.15, -0.1) is 0 Å². The minimum Gasteiger partial charge on any atom is -0.481 e. The van der Waals surface area contributed by atoms with Crippen LogP contribution >= 0.6 is 0 Å². The van der Waals surface area contributed by atoms with Gasteiger partial charge in [0.05, 0.1) is 5.92 Å². The summed E-state index contributed by atoms with van der Waals surface area (Å²) in [6.07, 6.45) is 12.0. The van der Waals surface area contributed by atoms with Gasteiger partial charge < -0.3 is 14.6 Å². The molecular formula is C22H27NO8. The number of amides is 2. The first-order valence-electron chi connectivity index (χ1n) is 9.95. The molecule has 9 nitrogen and oxygen atoms in total. The van der Waals surface area contributed by atoms with E-state index in [4.69, 9.17) is 14.6 Å². The molecule has 1 heterocycles. The quantitative estimate of drug-likeness (QED) is 0.317. The van der Waals surface area contributed by atoms with Gasteiger partial charge in [-0.25, -0.2) is 0 Å². The van der Waals surface area contributed by atoms with Crippen molar-refractivity contribution in [2.45, 2.75) is 51.9 Å². The van der Waals surface area contributed by atoms with E-state index in [1.807, 2.05) is 11.4 Å². The summed E-state index contributed by atoms with van der Waals surface area (Å²) in [6, 6.07) is 1.12. The van der Waals surface area contributed by atoms with Crippen molar-refractivity contribution in [1.29, 1.82) is 0 Å². The zero-order chi connectivity index (χ0) is 23.2. The van der Waals surface area contributed by atoms with Gasteiger partial charge in [-0.2, -0.15) is 0 Å². The smallest absolute Gasteiger partial charge is 0.306 e. The molecule has 0 fully saturated rings. The highest BCUT2D eigenvalue weighted by molar-refractivity contribution is 6.04. The molecule has 0 aliphatic carbocycles. The normalized spacial score (nSPS) is 12.2. The van der Waals surface area contributed by atoms with Crippen molar-refractivity contribution in [1.82, 2.24) is 5.32 Å². The lowest BCUT2D eigenvalue weighted by atomic mass is 10.1. The largest absolute Gasteiger partial charge is 0.481 e. The molecule has 0 aromatic carbocycles. The van der Waals surface area contributed by atoms with Gasteiger partial charge in [0.1, 0.15) is 17.6 Å². The maximum atomic E-state index is 12.1. The van der Waals surface area contributed by atoms with E-state index >= 15 is 0 Å². The number of carbonyl (C=O) groups is 4. The summed E-state index contributed by atoms with van der Waals surface area (Å²) in [7, 11) is 0. The van der Waals surface area contributed by atoms with Gasteiger partial charge in [-0.1, -0.05) is 38.0 Å². The molecule has 1 rings (SSSR count). The van der Waals surface area contributed by atoms with Crippen LogP contribution in [-0.4, -0.2) is 34.0 Å². The first kappa shape index (κ1) is 25.5. The Bertz CT molecular complexity index is 897. The Kier molecular flexibility index (Phi) is 11.3. The third kappa shape index (κ3) is 10.7. The van der Waals surface area contributed by atoms with E-state index in [-0.39, 0.29) is 24.2 Å². The summed E-state index contributed by atoms with van der Waals surface area (Å²) in [4.78, 5) is 56.9. The van der Waals surface area contributed by atoms with Crippen LogP contribution in [0.4, 0.5) is 0 Å². The van der Waals surface area contributed by atoms with Crippen LogP contribution < -0.4 is 10.7 Å². The van der Waals surface area contributed by atoms with Gasteiger partial charge in [-0.05, 0) is 25.3 Å². The molecule has 0 saturated carbocycles. The van der Waals surface area contributed by atoms with Crippen molar-refractivity contribution in [3.8, 4) is 0 Å². The Morgan fingerprint density at radius 2 is 1.81 bits per heavy atom. The van der Waals surface area contributed by atoms with Gasteiger partial charge in [0.2, 0.25) is 5.91 Å². The van der Waals surface area contributed by atoms with E-state index in [2.05, 4.69) is 0 Å². The van der Waals surface area contributed by atoms with Crippen LogP contribution in [0.2, 0.25) is 0 Å². The maximum absolute atomic E-state index is 12.1. The van der Waals surface area contributed by atoms with Crippen LogP contribution in [0.1, 0.15) is 68.0 Å². The second-order valence-electron chi connectivity index (χ2n) is 7.01. The monoisotopic (exact) mass is 433 g/mol. The molecule has 168 valence electrons. The van der Waals surface area contributed by atoms with Crippen LogP contribution in [0, 0.1) is 5.92 Å². The van der Waals surface area contributed by atoms with Gasteiger partial charge in [0.15, 0.2) is 5.43 Å². The molecule has 1 unspecified atom stereocenters. The third-order valence-corrected chi connectivity index (χ3v) is 4.28. The number of allylic oxidation sites excluding steroid dienone is 3. The third-order valence-electron chi connectivity index (χ3n) is 4.28. The van der Waals surface area contributed by atoms with Gasteiger partial charge in [0, 0.05) is 18.9 Å². The number of unbranched alkanes of at least 4 members (excludes halogenated alkanes) is 4. The van der Waals surface area contributed by atoms with Crippen molar-refractivity contribution in [2.75, 3.05) is 0 Å². The highest BCUT2D eigenvalue weighted by atomic mass is 16.4. The summed E-state index contributed by atoms with van der Waals surface area (Å²) in [6.45, 7) is 1.33. The Hall–Kier alpha value is -3.49. The second-order valence-corrected chi connectivity index (χ2v) is 7.01. The molecule has 1 atom stereocenters. The summed E-state index contributed by atoms with van der Waals surface area (Å²) in [5, 5.41) is 19.3. The van der Waals surface area contributed by atoms with E-state index in [0.29, 0.717) is 6.42 Å². The number of carbonyl (C=O) groups excluding carboxylic acids is 2. The standard InChI is InChI=1S/C22H27NO8/c1-15(22(29)30)12-19(25)23-21(28)17-14-31-16(13-18(17)24)10-8-6-4-2-3-5-7-9-11-20(26)27/h4,6,8,10,13-15H,2-3,5,7,9,11-12H2,1H3,(H,26,27)(H,29,30)(H,23,25,28)/b6-4+,10-8+. The fourth-order valence-corrected chi connectivity index (χ4v) is 2.51. The SMILES string of the molecule is CC(CC(=O)NC(=O)c1coc(/C=C/C=C/CCCCCCC(=O)O)cc1=O)C(=O)O. The van der Waals surface area contributed by atoms with Crippen molar-refractivity contribution in [3.63, 3.8) is 0 Å². The molecule has 0 spiro atoms. The van der Waals surface area contributed by atoms with E-state index < -0.39 is 35.1 Å². The Morgan fingerprint density at radius 1 is 1.10 bits per heavy atom. The number of carboxylic acids is 2. The number of nitrogens with one attached hydrogen (secondary N) is 1. The van der Waals surface area contributed by atoms with Crippen LogP contribution in [0.5, 0.6) is 0 Å². The minimum absolute atomic E-state index is 0.199. The summed E-state index contributed by atoms with van der Waals surface area (Å²) < 4.78 is 5.22. The zero-order valence-corrected chi connectivity index (χ0v) is 17.3. The number of imide groups is 1. The molecule has 0 aliphatic heterocycles. The Balaban J connectivity index is 2.46. The molecule has 0 saturated heterocycles. The number of hydrogen-bond acceptors (Lipinski definition) is 6. The fourth-order valence-electron chi connectivity index (χ4n) is 2.51. The van der Waals surface area contributed by atoms with Gasteiger partial charge in [0.25, 0.3) is 5.91 Å². The molecule has 3 N–H and O–H groups in total. The van der Waals surface area contributed by atoms with Crippen LogP contribution in [0.25, 0.3) is 6.08 Å². The van der Waals surface area contributed by atoms with E-state index in [0.717, 1.165) is 38.0 Å². The molecule has 9 heteroatoms. The highest BCUT2D eigenvalue weighted by Crippen LogP contribution is 2.07. The molecule has 0 bridgehead atoms. The van der Waals surface area contributed by atoms with Gasteiger partial charge >= 0.3 is 11.9 Å². The van der Waals surface area contributed by atoms with Crippen LogP contribution in [0.3, 0.4) is 0 Å². The fraction of sp³-hybridized carbons (Fsp3) is 0.409. The molecule has 1 aromatic heterocycles. The number of rotatable bonds is 13. The maximum Gasteiger partial charge on any atom is 0.306 e. The van der Waals surface area contributed by atoms with Crippen molar-refractivity contribution < 1.29 is 33.8 Å². The molecule has 31 heavy (non-hydrogen) atoms. The first-order valence-corrected chi connectivity index (χ1v) is 9.95. The second kappa shape index (κ2) is 13.7. The summed E-state index contributed by atoms with van der Waals surface area (Å²) >= 11 is 0. The zero-order valence-electron chi connectivity index (χ0n) is 17.3. The van der Waals surface area contributed by atoms with Crippen molar-refractivity contribution in [3.05, 3.63) is 52.1 Å². The van der Waals surface area contributed by atoms with Crippen LogP contribution in [-0.2, 0) is 14.4 Å². The lowest BCUT2D eigenvalue weighted by molar-refractivity contribution is -0.143. The molecule has 1 aromatic rings. The summed E-state index contributed by atoms with van der Waals surface area (Å²) in [5.74, 6) is -4.41. The number of hydrogen-bond donors (Lipinski definition) is 3. The van der Waals surface area contributed by atoms with E-state index in [1.165, 1.54) is 6.92 Å². The predicted octanol–water partition coefficient (Wildman–Crippen LogP) is 3.00. The molecule has 0 aliphatic rings. The van der Waals surface area contributed by atoms with Crippen molar-refractivity contribution >= 4 is 29.8 Å². The van der Waals surface area contributed by atoms with Crippen LogP contribution in [0.15, 0.2) is 39.8 Å². The van der Waals surface area contributed by atoms with Crippen molar-refractivity contribution in [2.24, 2.45) is 5.92 Å². The lowest BCUT2D eigenvalue weighted by Gasteiger charge is -2.06. The minimum atomic E-state index is -1.16. The average Bonchev–Trinajstić information content (AvgIpc) is 2.68. The molecule has 0 radical (unpaired) electrons. The highest BCUT2D eigenvalue weighted by Gasteiger charge is 2.19. The number of carboxylic acid groups (broad SMARTS) is 2. The lowest BCUT2D eigenvalue weighted by Crippen LogP contribution is -2.35. The van der Waals surface area contributed by atoms with Gasteiger partial charge in [-0.3, -0.25) is 29.3 Å². The summed E-state index contributed by atoms with van der Waals surface area (Å²) in [5.41, 5.74) is -0.986.